The first-order chi connectivity index (χ1) is 13.7. The van der Waals surface area contributed by atoms with Gasteiger partial charge in [-0.15, -0.1) is 0 Å². The van der Waals surface area contributed by atoms with Gasteiger partial charge in [-0.05, 0) is 40.7 Å². The molecule has 0 saturated carbocycles. The van der Waals surface area contributed by atoms with Gasteiger partial charge in [0.1, 0.15) is 12.1 Å². The minimum atomic E-state index is -0.607. The van der Waals surface area contributed by atoms with Crippen molar-refractivity contribution >= 4 is 22.9 Å². The van der Waals surface area contributed by atoms with E-state index in [2.05, 4.69) is 10.4 Å². The third kappa shape index (κ3) is 4.80. The average molecular weight is 394 g/mol. The van der Waals surface area contributed by atoms with Crippen molar-refractivity contribution < 1.29 is 14.3 Å². The van der Waals surface area contributed by atoms with Crippen molar-refractivity contribution in [2.24, 2.45) is 0 Å². The molecule has 0 aliphatic rings. The van der Waals surface area contributed by atoms with Gasteiger partial charge >= 0.3 is 5.97 Å². The second kappa shape index (κ2) is 8.03. The Balaban J connectivity index is 1.97. The number of fused-ring (bicyclic) bond motifs is 1. The maximum Gasteiger partial charge on any atom is 0.325 e. The smallest absolute Gasteiger partial charge is 0.325 e. The first-order valence-corrected chi connectivity index (χ1v) is 9.59. The summed E-state index contributed by atoms with van der Waals surface area (Å²) in [6, 6.07) is 11.5. The Hall–Kier alpha value is -3.22. The summed E-state index contributed by atoms with van der Waals surface area (Å²) >= 11 is 0. The summed E-state index contributed by atoms with van der Waals surface area (Å²) in [5.41, 5.74) is 2.01. The van der Waals surface area contributed by atoms with Gasteiger partial charge in [-0.25, -0.2) is 9.67 Å². The number of ether oxygens (including phenoxy) is 1. The van der Waals surface area contributed by atoms with Gasteiger partial charge in [0, 0.05) is 11.6 Å². The molecule has 0 aliphatic heterocycles. The number of rotatable bonds is 5. The Bertz CT molecular complexity index is 1030. The molecule has 0 atom stereocenters. The molecule has 1 aromatic carbocycles. The van der Waals surface area contributed by atoms with Crippen LogP contribution in [-0.2, 0) is 9.53 Å². The van der Waals surface area contributed by atoms with Crippen LogP contribution in [0, 0.1) is 0 Å². The molecular weight excluding hydrogens is 368 g/mol. The summed E-state index contributed by atoms with van der Waals surface area (Å²) in [5.74, 6) is -0.860. The van der Waals surface area contributed by atoms with E-state index in [1.54, 1.807) is 37.7 Å². The highest BCUT2D eigenvalue weighted by molar-refractivity contribution is 6.07. The third-order valence-electron chi connectivity index (χ3n) is 4.18. The molecule has 2 heterocycles. The van der Waals surface area contributed by atoms with E-state index in [4.69, 9.17) is 9.72 Å². The van der Waals surface area contributed by atoms with Crippen molar-refractivity contribution in [2.45, 2.75) is 46.3 Å². The van der Waals surface area contributed by atoms with Gasteiger partial charge in [0.15, 0.2) is 5.65 Å². The van der Waals surface area contributed by atoms with Crippen LogP contribution >= 0.6 is 0 Å². The minimum Gasteiger partial charge on any atom is -0.459 e. The molecule has 3 aromatic rings. The molecule has 0 unspecified atom stereocenters. The van der Waals surface area contributed by atoms with E-state index in [-0.39, 0.29) is 18.5 Å². The van der Waals surface area contributed by atoms with Crippen molar-refractivity contribution in [3.05, 3.63) is 48.2 Å². The highest BCUT2D eigenvalue weighted by Crippen LogP contribution is 2.26. The van der Waals surface area contributed by atoms with Gasteiger partial charge in [0.25, 0.3) is 5.91 Å². The molecule has 0 saturated heterocycles. The second-order valence-electron chi connectivity index (χ2n) is 8.11. The molecule has 152 valence electrons. The zero-order chi connectivity index (χ0) is 21.2. The summed E-state index contributed by atoms with van der Waals surface area (Å²) in [5, 5.41) is 7.69. The van der Waals surface area contributed by atoms with E-state index >= 15 is 0 Å². The predicted octanol–water partition coefficient (Wildman–Crippen LogP) is 3.75. The fourth-order valence-corrected chi connectivity index (χ4v) is 2.97. The summed E-state index contributed by atoms with van der Waals surface area (Å²) < 4.78 is 7.04. The normalized spacial score (nSPS) is 11.7. The first-order valence-electron chi connectivity index (χ1n) is 9.59. The van der Waals surface area contributed by atoms with Crippen molar-refractivity contribution in [1.29, 1.82) is 0 Å². The molecule has 3 rings (SSSR count). The number of carbonyl (C=O) groups excluding carboxylic acids is 2. The molecule has 0 spiro atoms. The molecule has 0 radical (unpaired) electrons. The molecule has 7 nitrogen and oxygen atoms in total. The number of carbonyl (C=O) groups is 2. The Morgan fingerprint density at radius 1 is 1.17 bits per heavy atom. The van der Waals surface area contributed by atoms with Gasteiger partial charge < -0.3 is 10.1 Å². The number of pyridine rings is 1. The van der Waals surface area contributed by atoms with Crippen LogP contribution in [-0.4, -0.2) is 38.8 Å². The highest BCUT2D eigenvalue weighted by Gasteiger charge is 2.21. The summed E-state index contributed by atoms with van der Waals surface area (Å²) in [6.45, 7) is 9.15. The number of hydrogen-bond acceptors (Lipinski definition) is 5. The lowest BCUT2D eigenvalue weighted by Gasteiger charge is -2.19. The maximum atomic E-state index is 12.9. The maximum absolute atomic E-state index is 12.9. The van der Waals surface area contributed by atoms with Crippen LogP contribution in [0.3, 0.4) is 0 Å². The minimum absolute atomic E-state index is 0.0868. The lowest BCUT2D eigenvalue weighted by atomic mass is 10.1. The molecule has 29 heavy (non-hydrogen) atoms. The molecule has 1 amide bonds. The van der Waals surface area contributed by atoms with Crippen LogP contribution in [0.15, 0.2) is 42.6 Å². The van der Waals surface area contributed by atoms with Crippen molar-refractivity contribution in [2.75, 3.05) is 6.54 Å². The van der Waals surface area contributed by atoms with Crippen LogP contribution in [0.2, 0.25) is 0 Å². The summed E-state index contributed by atoms with van der Waals surface area (Å²) in [6.07, 6.45) is 1.64. The molecule has 0 fully saturated rings. The Labute approximate surface area is 170 Å². The molecule has 7 heteroatoms. The van der Waals surface area contributed by atoms with Gasteiger partial charge in [-0.1, -0.05) is 30.3 Å². The average Bonchev–Trinajstić information content (AvgIpc) is 3.09. The number of esters is 1. The Morgan fingerprint density at radius 3 is 2.48 bits per heavy atom. The van der Waals surface area contributed by atoms with E-state index < -0.39 is 11.6 Å². The number of aromatic nitrogens is 3. The first kappa shape index (κ1) is 20.5. The van der Waals surface area contributed by atoms with Crippen LogP contribution in [0.5, 0.6) is 0 Å². The van der Waals surface area contributed by atoms with Crippen molar-refractivity contribution in [3.8, 4) is 11.3 Å². The van der Waals surface area contributed by atoms with Crippen molar-refractivity contribution in [1.82, 2.24) is 20.1 Å². The standard InChI is InChI=1S/C22H26N4O3/c1-14(2)26-20-17(12-24-26)16(11-18(25-20)15-9-7-6-8-10-15)21(28)23-13-19(27)29-22(3,4)5/h6-12,14H,13H2,1-5H3,(H,23,28). The molecule has 2 aromatic heterocycles. The number of nitrogens with one attached hydrogen (secondary N) is 1. The fraction of sp³-hybridized carbons (Fsp3) is 0.364. The van der Waals surface area contributed by atoms with E-state index in [0.29, 0.717) is 22.3 Å². The zero-order valence-electron chi connectivity index (χ0n) is 17.4. The quantitative estimate of drug-likeness (QED) is 0.666. The zero-order valence-corrected chi connectivity index (χ0v) is 17.4. The summed E-state index contributed by atoms with van der Waals surface area (Å²) in [4.78, 5) is 29.6. The third-order valence-corrected chi connectivity index (χ3v) is 4.18. The van der Waals surface area contributed by atoms with Crippen LogP contribution in [0.1, 0.15) is 51.0 Å². The SMILES string of the molecule is CC(C)n1ncc2c(C(=O)NCC(=O)OC(C)(C)C)cc(-c3ccccc3)nc21. The van der Waals surface area contributed by atoms with Crippen LogP contribution < -0.4 is 5.32 Å². The van der Waals surface area contributed by atoms with Gasteiger partial charge in [-0.3, -0.25) is 9.59 Å². The number of hydrogen-bond donors (Lipinski definition) is 1. The number of amides is 1. The Morgan fingerprint density at radius 2 is 1.86 bits per heavy atom. The molecule has 0 bridgehead atoms. The van der Waals surface area contributed by atoms with Gasteiger partial charge in [0.2, 0.25) is 0 Å². The van der Waals surface area contributed by atoms with E-state index in [9.17, 15) is 9.59 Å². The fourth-order valence-electron chi connectivity index (χ4n) is 2.97. The number of nitrogens with zero attached hydrogens (tertiary/aromatic N) is 3. The van der Waals surface area contributed by atoms with E-state index in [1.165, 1.54) is 0 Å². The largest absolute Gasteiger partial charge is 0.459 e. The highest BCUT2D eigenvalue weighted by atomic mass is 16.6. The lowest BCUT2D eigenvalue weighted by Crippen LogP contribution is -2.34. The summed E-state index contributed by atoms with van der Waals surface area (Å²) in [7, 11) is 0. The molecular formula is C22H26N4O3. The van der Waals surface area contributed by atoms with Crippen molar-refractivity contribution in [3.63, 3.8) is 0 Å². The van der Waals surface area contributed by atoms with Crippen LogP contribution in [0.25, 0.3) is 22.3 Å². The van der Waals surface area contributed by atoms with Crippen LogP contribution in [0.4, 0.5) is 0 Å². The number of benzene rings is 1. The second-order valence-corrected chi connectivity index (χ2v) is 8.11. The topological polar surface area (TPSA) is 86.1 Å². The molecule has 1 N–H and O–H groups in total. The molecule has 0 aliphatic carbocycles. The Kier molecular flexibility index (Phi) is 5.68. The monoisotopic (exact) mass is 394 g/mol. The lowest BCUT2D eigenvalue weighted by molar-refractivity contribution is -0.153. The van der Waals surface area contributed by atoms with Gasteiger partial charge in [-0.2, -0.15) is 5.10 Å². The van der Waals surface area contributed by atoms with E-state index in [1.807, 2.05) is 44.2 Å². The van der Waals surface area contributed by atoms with Gasteiger partial charge in [0.05, 0.1) is 22.8 Å². The van der Waals surface area contributed by atoms with E-state index in [0.717, 1.165) is 5.56 Å². The predicted molar refractivity (Wildman–Crippen MR) is 112 cm³/mol.